The molecule has 68 valence electrons. The van der Waals surface area contributed by atoms with Crippen LogP contribution in [0, 0.1) is 6.92 Å². The van der Waals surface area contributed by atoms with Crippen molar-refractivity contribution in [2.24, 2.45) is 0 Å². The van der Waals surface area contributed by atoms with Crippen LogP contribution < -0.4 is 0 Å². The average molecular weight is 167 g/mol. The molecule has 12 heavy (non-hydrogen) atoms. The highest BCUT2D eigenvalue weighted by Crippen LogP contribution is 2.27. The van der Waals surface area contributed by atoms with Crippen LogP contribution in [0.3, 0.4) is 0 Å². The van der Waals surface area contributed by atoms with E-state index in [0.717, 1.165) is 17.9 Å². The fourth-order valence-electron chi connectivity index (χ4n) is 1.39. The number of aromatic nitrogens is 1. The van der Waals surface area contributed by atoms with E-state index in [9.17, 15) is 0 Å². The molecule has 0 bridgehead atoms. The van der Waals surface area contributed by atoms with Crippen molar-refractivity contribution >= 4 is 0 Å². The lowest BCUT2D eigenvalue weighted by Gasteiger charge is -2.15. The van der Waals surface area contributed by atoms with Gasteiger partial charge in [0.25, 0.3) is 0 Å². The third-order valence-corrected chi connectivity index (χ3v) is 2.02. The number of nitrogens with zero attached hydrogens (tertiary/aromatic N) is 1. The van der Waals surface area contributed by atoms with Crippen molar-refractivity contribution in [3.8, 4) is 0 Å². The summed E-state index contributed by atoms with van der Waals surface area (Å²) in [6, 6.07) is 0. The van der Waals surface area contributed by atoms with Gasteiger partial charge in [0.05, 0.1) is 5.69 Å². The molecule has 0 aromatic carbocycles. The average Bonchev–Trinajstić information content (AvgIpc) is 2.29. The third-order valence-electron chi connectivity index (χ3n) is 2.02. The fraction of sp³-hybridized carbons (Fsp3) is 0.700. The van der Waals surface area contributed by atoms with E-state index < -0.39 is 0 Å². The molecule has 0 atom stereocenters. The Balaban J connectivity index is 3.16. The van der Waals surface area contributed by atoms with Crippen molar-refractivity contribution in [2.75, 3.05) is 0 Å². The van der Waals surface area contributed by atoms with E-state index in [1.54, 1.807) is 0 Å². The Labute approximate surface area is 74.0 Å². The van der Waals surface area contributed by atoms with Gasteiger partial charge in [-0.2, -0.15) is 0 Å². The maximum Gasteiger partial charge on any atom is 0.145 e. The standard InChI is InChI=1S/C10H17NO/c1-6-8-7(2)11-12-9(8)10(3,4)5/h6H2,1-5H3. The van der Waals surface area contributed by atoms with Crippen molar-refractivity contribution in [1.29, 1.82) is 0 Å². The maximum absolute atomic E-state index is 5.30. The molecule has 0 amide bonds. The van der Waals surface area contributed by atoms with Gasteiger partial charge in [-0.1, -0.05) is 32.9 Å². The Morgan fingerprint density at radius 3 is 2.25 bits per heavy atom. The number of aryl methyl sites for hydroxylation is 1. The zero-order chi connectivity index (χ0) is 9.35. The summed E-state index contributed by atoms with van der Waals surface area (Å²) in [4.78, 5) is 0. The molecule has 0 saturated carbocycles. The molecule has 0 aliphatic carbocycles. The van der Waals surface area contributed by atoms with Gasteiger partial charge in [-0.05, 0) is 13.3 Å². The van der Waals surface area contributed by atoms with Crippen LogP contribution in [0.4, 0.5) is 0 Å². The molecular weight excluding hydrogens is 150 g/mol. The van der Waals surface area contributed by atoms with Crippen molar-refractivity contribution < 1.29 is 4.52 Å². The number of hydrogen-bond acceptors (Lipinski definition) is 2. The molecule has 1 heterocycles. The first-order valence-corrected chi connectivity index (χ1v) is 4.42. The van der Waals surface area contributed by atoms with Crippen LogP contribution in [-0.2, 0) is 11.8 Å². The quantitative estimate of drug-likeness (QED) is 0.642. The van der Waals surface area contributed by atoms with Crippen LogP contribution in [0.25, 0.3) is 0 Å². The van der Waals surface area contributed by atoms with Crippen molar-refractivity contribution in [3.05, 3.63) is 17.0 Å². The van der Waals surface area contributed by atoms with Crippen LogP contribution in [0.15, 0.2) is 4.52 Å². The smallest absolute Gasteiger partial charge is 0.145 e. The van der Waals surface area contributed by atoms with E-state index in [-0.39, 0.29) is 5.41 Å². The lowest BCUT2D eigenvalue weighted by molar-refractivity contribution is 0.325. The number of hydrogen-bond donors (Lipinski definition) is 0. The Morgan fingerprint density at radius 1 is 1.33 bits per heavy atom. The molecule has 0 fully saturated rings. The molecule has 2 nitrogen and oxygen atoms in total. The normalized spacial score (nSPS) is 12.1. The predicted molar refractivity (Wildman–Crippen MR) is 49.3 cm³/mol. The van der Waals surface area contributed by atoms with Gasteiger partial charge >= 0.3 is 0 Å². The maximum atomic E-state index is 5.30. The SMILES string of the molecule is CCc1c(C)noc1C(C)(C)C. The van der Waals surface area contributed by atoms with Gasteiger partial charge in [-0.3, -0.25) is 0 Å². The van der Waals surface area contributed by atoms with E-state index in [1.807, 2.05) is 6.92 Å². The van der Waals surface area contributed by atoms with E-state index in [1.165, 1.54) is 5.56 Å². The molecule has 1 aromatic heterocycles. The third kappa shape index (κ3) is 1.52. The lowest BCUT2D eigenvalue weighted by Crippen LogP contribution is -2.12. The summed E-state index contributed by atoms with van der Waals surface area (Å²) < 4.78 is 5.30. The van der Waals surface area contributed by atoms with Gasteiger partial charge in [-0.25, -0.2) is 0 Å². The molecule has 0 saturated heterocycles. The van der Waals surface area contributed by atoms with Crippen LogP contribution >= 0.6 is 0 Å². The minimum Gasteiger partial charge on any atom is -0.360 e. The highest BCUT2D eigenvalue weighted by atomic mass is 16.5. The molecule has 2 heteroatoms. The predicted octanol–water partition coefficient (Wildman–Crippen LogP) is 2.84. The second-order valence-corrected chi connectivity index (χ2v) is 4.18. The molecule has 1 aromatic rings. The van der Waals surface area contributed by atoms with Gasteiger partial charge in [0.15, 0.2) is 0 Å². The summed E-state index contributed by atoms with van der Waals surface area (Å²) in [6.45, 7) is 10.6. The molecular formula is C10H17NO. The largest absolute Gasteiger partial charge is 0.360 e. The summed E-state index contributed by atoms with van der Waals surface area (Å²) >= 11 is 0. The van der Waals surface area contributed by atoms with Gasteiger partial charge in [0, 0.05) is 11.0 Å². The van der Waals surface area contributed by atoms with E-state index in [4.69, 9.17) is 4.52 Å². The molecule has 0 spiro atoms. The van der Waals surface area contributed by atoms with Crippen LogP contribution in [0.1, 0.15) is 44.7 Å². The Hall–Kier alpha value is -0.790. The molecule has 0 unspecified atom stereocenters. The Morgan fingerprint density at radius 2 is 1.92 bits per heavy atom. The molecule has 0 aliphatic heterocycles. The second-order valence-electron chi connectivity index (χ2n) is 4.18. The summed E-state index contributed by atoms with van der Waals surface area (Å²) in [5, 5.41) is 3.98. The van der Waals surface area contributed by atoms with Crippen molar-refractivity contribution in [1.82, 2.24) is 5.16 Å². The van der Waals surface area contributed by atoms with E-state index in [2.05, 4.69) is 32.9 Å². The summed E-state index contributed by atoms with van der Waals surface area (Å²) in [7, 11) is 0. The second kappa shape index (κ2) is 2.92. The molecule has 0 radical (unpaired) electrons. The van der Waals surface area contributed by atoms with Crippen LogP contribution in [0.5, 0.6) is 0 Å². The first-order chi connectivity index (χ1) is 5.46. The van der Waals surface area contributed by atoms with Gasteiger partial charge < -0.3 is 4.52 Å². The van der Waals surface area contributed by atoms with Crippen LogP contribution in [0.2, 0.25) is 0 Å². The van der Waals surface area contributed by atoms with Gasteiger partial charge in [0.2, 0.25) is 0 Å². The summed E-state index contributed by atoms with van der Waals surface area (Å²) in [5.74, 6) is 1.03. The van der Waals surface area contributed by atoms with Crippen molar-refractivity contribution in [3.63, 3.8) is 0 Å². The molecule has 0 N–H and O–H groups in total. The summed E-state index contributed by atoms with van der Waals surface area (Å²) in [5.41, 5.74) is 2.37. The Bertz CT molecular complexity index is 268. The van der Waals surface area contributed by atoms with E-state index in [0.29, 0.717) is 0 Å². The van der Waals surface area contributed by atoms with Gasteiger partial charge in [-0.15, -0.1) is 0 Å². The monoisotopic (exact) mass is 167 g/mol. The van der Waals surface area contributed by atoms with Crippen LogP contribution in [-0.4, -0.2) is 5.16 Å². The minimum absolute atomic E-state index is 0.0760. The zero-order valence-electron chi connectivity index (χ0n) is 8.56. The van der Waals surface area contributed by atoms with E-state index >= 15 is 0 Å². The van der Waals surface area contributed by atoms with Crippen molar-refractivity contribution in [2.45, 2.75) is 46.5 Å². The zero-order valence-corrected chi connectivity index (χ0v) is 8.56. The Kier molecular flexibility index (Phi) is 2.27. The first-order valence-electron chi connectivity index (χ1n) is 4.42. The lowest BCUT2D eigenvalue weighted by atomic mass is 9.89. The number of rotatable bonds is 1. The highest BCUT2D eigenvalue weighted by molar-refractivity contribution is 5.26. The molecule has 1 rings (SSSR count). The molecule has 0 aliphatic rings. The van der Waals surface area contributed by atoms with Gasteiger partial charge in [0.1, 0.15) is 5.76 Å². The topological polar surface area (TPSA) is 26.0 Å². The highest BCUT2D eigenvalue weighted by Gasteiger charge is 2.23. The first kappa shape index (κ1) is 9.30. The minimum atomic E-state index is 0.0760. The fourth-order valence-corrected chi connectivity index (χ4v) is 1.39. The summed E-state index contributed by atoms with van der Waals surface area (Å²) in [6.07, 6.45) is 1.00.